The van der Waals surface area contributed by atoms with Gasteiger partial charge in [-0.1, -0.05) is 25.5 Å². The molecule has 1 aromatic carbocycles. The molecule has 1 heterocycles. The second kappa shape index (κ2) is 6.61. The molecule has 2 aliphatic rings. The van der Waals surface area contributed by atoms with Gasteiger partial charge >= 0.3 is 0 Å². The first-order valence-electron chi connectivity index (χ1n) is 8.35. The van der Waals surface area contributed by atoms with Gasteiger partial charge in [0.25, 0.3) is 0 Å². The Morgan fingerprint density at radius 2 is 1.86 bits per heavy atom. The minimum atomic E-state index is 0.0474. The molecule has 3 rings (SSSR count). The minimum absolute atomic E-state index is 0.0474. The van der Waals surface area contributed by atoms with Crippen molar-refractivity contribution in [1.29, 1.82) is 0 Å². The van der Waals surface area contributed by atoms with Crippen molar-refractivity contribution in [2.75, 3.05) is 25.0 Å². The molecule has 114 valence electrons. The highest BCUT2D eigenvalue weighted by Gasteiger charge is 2.23. The lowest BCUT2D eigenvalue weighted by atomic mass is 10.1. The second-order valence-corrected chi connectivity index (χ2v) is 6.65. The van der Waals surface area contributed by atoms with Crippen molar-refractivity contribution >= 4 is 11.6 Å². The summed E-state index contributed by atoms with van der Waals surface area (Å²) in [5.41, 5.74) is 2.34. The molecule has 3 nitrogen and oxygen atoms in total. The van der Waals surface area contributed by atoms with Crippen LogP contribution in [-0.2, 0) is 4.79 Å². The van der Waals surface area contributed by atoms with E-state index in [0.717, 1.165) is 31.2 Å². The van der Waals surface area contributed by atoms with Crippen molar-refractivity contribution in [2.24, 2.45) is 5.92 Å². The molecular weight excluding hydrogens is 260 g/mol. The zero-order valence-corrected chi connectivity index (χ0v) is 13.0. The number of amides is 1. The smallest absolute Gasteiger partial charge is 0.228 e. The quantitative estimate of drug-likeness (QED) is 0.896. The topological polar surface area (TPSA) is 32.3 Å². The summed E-state index contributed by atoms with van der Waals surface area (Å²) in [6, 6.07) is 8.39. The van der Waals surface area contributed by atoms with Crippen LogP contribution in [0.1, 0.15) is 50.5 Å². The van der Waals surface area contributed by atoms with E-state index in [-0.39, 0.29) is 11.8 Å². The third-order valence-electron chi connectivity index (χ3n) is 4.66. The summed E-state index contributed by atoms with van der Waals surface area (Å²) in [4.78, 5) is 14.7. The molecule has 1 N–H and O–H groups in total. The SMILES string of the molecule is CC(CN1CCCCC1)C(=O)Nc1ccc(C2CC2)cc1. The normalized spacial score (nSPS) is 21.0. The van der Waals surface area contributed by atoms with Crippen LogP contribution in [0.2, 0.25) is 0 Å². The van der Waals surface area contributed by atoms with E-state index in [1.54, 1.807) is 0 Å². The zero-order chi connectivity index (χ0) is 14.7. The molecule has 1 aliphatic heterocycles. The van der Waals surface area contributed by atoms with E-state index in [1.165, 1.54) is 37.7 Å². The largest absolute Gasteiger partial charge is 0.326 e. The first-order valence-corrected chi connectivity index (χ1v) is 8.35. The van der Waals surface area contributed by atoms with Gasteiger partial charge in [0.05, 0.1) is 0 Å². The molecule has 21 heavy (non-hydrogen) atoms. The monoisotopic (exact) mass is 286 g/mol. The molecule has 0 aromatic heterocycles. The Kier molecular flexibility index (Phi) is 4.59. The summed E-state index contributed by atoms with van der Waals surface area (Å²) < 4.78 is 0. The van der Waals surface area contributed by atoms with Gasteiger partial charge in [-0.2, -0.15) is 0 Å². The van der Waals surface area contributed by atoms with E-state index in [9.17, 15) is 4.79 Å². The first-order chi connectivity index (χ1) is 10.2. The summed E-state index contributed by atoms with van der Waals surface area (Å²) in [6.07, 6.45) is 6.52. The highest BCUT2D eigenvalue weighted by Crippen LogP contribution is 2.40. The minimum Gasteiger partial charge on any atom is -0.326 e. The summed E-state index contributed by atoms with van der Waals surface area (Å²) in [7, 11) is 0. The maximum absolute atomic E-state index is 12.3. The van der Waals surface area contributed by atoms with Gasteiger partial charge in [0.2, 0.25) is 5.91 Å². The van der Waals surface area contributed by atoms with Crippen molar-refractivity contribution in [3.05, 3.63) is 29.8 Å². The number of carbonyl (C=O) groups is 1. The van der Waals surface area contributed by atoms with Crippen molar-refractivity contribution in [2.45, 2.75) is 44.9 Å². The van der Waals surface area contributed by atoms with Gasteiger partial charge in [-0.25, -0.2) is 0 Å². The molecule has 1 saturated heterocycles. The fourth-order valence-electron chi connectivity index (χ4n) is 3.13. The van der Waals surface area contributed by atoms with Gasteiger partial charge in [-0.15, -0.1) is 0 Å². The Balaban J connectivity index is 1.49. The van der Waals surface area contributed by atoms with Gasteiger partial charge in [0.15, 0.2) is 0 Å². The number of piperidine rings is 1. The number of nitrogens with zero attached hydrogens (tertiary/aromatic N) is 1. The molecule has 1 amide bonds. The standard InChI is InChI=1S/C18H26N2O/c1-14(13-20-11-3-2-4-12-20)18(21)19-17-9-7-16(8-10-17)15-5-6-15/h7-10,14-15H,2-6,11-13H2,1H3,(H,19,21). The number of anilines is 1. The number of hydrogen-bond donors (Lipinski definition) is 1. The summed E-state index contributed by atoms with van der Waals surface area (Å²) in [5.74, 6) is 0.957. The van der Waals surface area contributed by atoms with Gasteiger partial charge < -0.3 is 10.2 Å². The lowest BCUT2D eigenvalue weighted by molar-refractivity contribution is -0.120. The molecule has 3 heteroatoms. The Bertz CT molecular complexity index is 472. The van der Waals surface area contributed by atoms with E-state index in [1.807, 2.05) is 19.1 Å². The maximum atomic E-state index is 12.3. The molecule has 0 radical (unpaired) electrons. The average molecular weight is 286 g/mol. The number of carbonyl (C=O) groups excluding carboxylic acids is 1. The van der Waals surface area contributed by atoms with Crippen LogP contribution in [0, 0.1) is 5.92 Å². The van der Waals surface area contributed by atoms with Gasteiger partial charge in [0, 0.05) is 18.2 Å². The zero-order valence-electron chi connectivity index (χ0n) is 13.0. The molecule has 0 bridgehead atoms. The second-order valence-electron chi connectivity index (χ2n) is 6.65. The van der Waals surface area contributed by atoms with E-state index in [0.29, 0.717) is 0 Å². The van der Waals surface area contributed by atoms with Crippen LogP contribution in [0.5, 0.6) is 0 Å². The van der Waals surface area contributed by atoms with E-state index in [4.69, 9.17) is 0 Å². The van der Waals surface area contributed by atoms with Crippen LogP contribution in [0.3, 0.4) is 0 Å². The van der Waals surface area contributed by atoms with Gasteiger partial charge in [-0.05, 0) is 62.4 Å². The molecule has 0 spiro atoms. The maximum Gasteiger partial charge on any atom is 0.228 e. The number of nitrogens with one attached hydrogen (secondary N) is 1. The molecule has 1 aromatic rings. The van der Waals surface area contributed by atoms with Crippen molar-refractivity contribution in [3.63, 3.8) is 0 Å². The predicted octanol–water partition coefficient (Wildman–Crippen LogP) is 3.62. The third kappa shape index (κ3) is 4.07. The molecular formula is C18H26N2O. The average Bonchev–Trinajstić information content (AvgIpc) is 3.34. The number of hydrogen-bond acceptors (Lipinski definition) is 2. The molecule has 1 unspecified atom stereocenters. The first kappa shape index (κ1) is 14.6. The molecule has 1 atom stereocenters. The number of likely N-dealkylation sites (tertiary alicyclic amines) is 1. The summed E-state index contributed by atoms with van der Waals surface area (Å²) in [6.45, 7) is 5.20. The van der Waals surface area contributed by atoms with E-state index in [2.05, 4.69) is 22.3 Å². The van der Waals surface area contributed by atoms with Gasteiger partial charge in [0.1, 0.15) is 0 Å². The fourth-order valence-corrected chi connectivity index (χ4v) is 3.13. The molecule has 1 saturated carbocycles. The van der Waals surface area contributed by atoms with Crippen LogP contribution in [0.25, 0.3) is 0 Å². The van der Waals surface area contributed by atoms with Crippen LogP contribution < -0.4 is 5.32 Å². The van der Waals surface area contributed by atoms with Crippen molar-refractivity contribution < 1.29 is 4.79 Å². The van der Waals surface area contributed by atoms with Crippen LogP contribution in [0.15, 0.2) is 24.3 Å². The molecule has 2 fully saturated rings. The van der Waals surface area contributed by atoms with E-state index < -0.39 is 0 Å². The Labute approximate surface area is 127 Å². The summed E-state index contributed by atoms with van der Waals surface area (Å²) in [5, 5.41) is 3.05. The lowest BCUT2D eigenvalue weighted by Gasteiger charge is -2.28. The number of benzene rings is 1. The number of rotatable bonds is 5. The molecule has 1 aliphatic carbocycles. The van der Waals surface area contributed by atoms with Crippen molar-refractivity contribution in [1.82, 2.24) is 4.90 Å². The lowest BCUT2D eigenvalue weighted by Crippen LogP contribution is -2.37. The third-order valence-corrected chi connectivity index (χ3v) is 4.66. The Hall–Kier alpha value is -1.35. The Morgan fingerprint density at radius 3 is 2.48 bits per heavy atom. The van der Waals surface area contributed by atoms with Crippen LogP contribution in [0.4, 0.5) is 5.69 Å². The van der Waals surface area contributed by atoms with Crippen molar-refractivity contribution in [3.8, 4) is 0 Å². The van der Waals surface area contributed by atoms with Gasteiger partial charge in [-0.3, -0.25) is 4.79 Å². The van der Waals surface area contributed by atoms with Crippen LogP contribution in [-0.4, -0.2) is 30.4 Å². The Morgan fingerprint density at radius 1 is 1.19 bits per heavy atom. The highest BCUT2D eigenvalue weighted by atomic mass is 16.1. The van der Waals surface area contributed by atoms with Crippen LogP contribution >= 0.6 is 0 Å². The highest BCUT2D eigenvalue weighted by molar-refractivity contribution is 5.92. The van der Waals surface area contributed by atoms with E-state index >= 15 is 0 Å². The summed E-state index contributed by atoms with van der Waals surface area (Å²) >= 11 is 0. The predicted molar refractivity (Wildman–Crippen MR) is 86.5 cm³/mol. The fraction of sp³-hybridized carbons (Fsp3) is 0.611.